The lowest BCUT2D eigenvalue weighted by molar-refractivity contribution is 0.0672. The highest BCUT2D eigenvalue weighted by molar-refractivity contribution is 9.13. The second-order valence-corrected chi connectivity index (χ2v) is 4.64. The number of carboxylic acid groups (broad SMARTS) is 2. The first-order chi connectivity index (χ1) is 8.36. The summed E-state index contributed by atoms with van der Waals surface area (Å²) in [5.74, 6) is -2.85. The third-order valence-electron chi connectivity index (χ3n) is 2.13. The lowest BCUT2D eigenvalue weighted by Crippen LogP contribution is -2.10. The van der Waals surface area contributed by atoms with Gasteiger partial charge in [0.05, 0.1) is 23.2 Å². The molecule has 0 saturated heterocycles. The van der Waals surface area contributed by atoms with Crippen LogP contribution in [0, 0.1) is 0 Å². The zero-order chi connectivity index (χ0) is 14.0. The topological polar surface area (TPSA) is 93.1 Å². The average Bonchev–Trinajstić information content (AvgIpc) is 2.30. The number of methoxy groups -OCH3 is 2. The van der Waals surface area contributed by atoms with Gasteiger partial charge in [-0.2, -0.15) is 0 Å². The van der Waals surface area contributed by atoms with E-state index in [4.69, 9.17) is 19.7 Å². The molecular weight excluding hydrogens is 376 g/mol. The zero-order valence-electron chi connectivity index (χ0n) is 9.28. The summed E-state index contributed by atoms with van der Waals surface area (Å²) in [4.78, 5) is 22.3. The van der Waals surface area contributed by atoms with Crippen molar-refractivity contribution in [2.45, 2.75) is 0 Å². The maximum Gasteiger partial charge on any atom is 0.340 e. The molecule has 0 aromatic heterocycles. The molecule has 8 heteroatoms. The number of aromatic carboxylic acids is 2. The first-order valence-corrected chi connectivity index (χ1v) is 6.04. The van der Waals surface area contributed by atoms with Crippen LogP contribution in [0.5, 0.6) is 11.5 Å². The number of carboxylic acids is 2. The van der Waals surface area contributed by atoms with Gasteiger partial charge in [0.2, 0.25) is 0 Å². The van der Waals surface area contributed by atoms with E-state index in [1.54, 1.807) is 0 Å². The van der Waals surface area contributed by atoms with E-state index < -0.39 is 11.9 Å². The van der Waals surface area contributed by atoms with Crippen LogP contribution in [0.3, 0.4) is 0 Å². The molecule has 98 valence electrons. The van der Waals surface area contributed by atoms with Crippen LogP contribution in [0.2, 0.25) is 0 Å². The molecule has 1 aromatic rings. The minimum absolute atomic E-state index is 0.0741. The summed E-state index contributed by atoms with van der Waals surface area (Å²) < 4.78 is 10.0. The van der Waals surface area contributed by atoms with Crippen LogP contribution >= 0.6 is 31.9 Å². The standard InChI is InChI=1S/C10H8Br2O6/c1-17-7-3(9(13)14)5(11)6(12)4(10(15)16)8(7)18-2/h1-2H3,(H,13,14)(H,15,16). The largest absolute Gasteiger partial charge is 0.492 e. The lowest BCUT2D eigenvalue weighted by Gasteiger charge is -2.16. The molecule has 0 unspecified atom stereocenters. The second kappa shape index (κ2) is 5.57. The van der Waals surface area contributed by atoms with E-state index in [-0.39, 0.29) is 31.6 Å². The van der Waals surface area contributed by atoms with Gasteiger partial charge >= 0.3 is 11.9 Å². The Balaban J connectivity index is 3.86. The van der Waals surface area contributed by atoms with Gasteiger partial charge in [-0.1, -0.05) is 0 Å². The summed E-state index contributed by atoms with van der Waals surface area (Å²) in [5, 5.41) is 18.2. The minimum Gasteiger partial charge on any atom is -0.492 e. The molecule has 0 bridgehead atoms. The van der Waals surface area contributed by atoms with E-state index in [2.05, 4.69) is 31.9 Å². The molecule has 0 aliphatic rings. The van der Waals surface area contributed by atoms with Gasteiger partial charge in [-0.15, -0.1) is 0 Å². The predicted molar refractivity (Wildman–Crippen MR) is 68.9 cm³/mol. The smallest absolute Gasteiger partial charge is 0.340 e. The lowest BCUT2D eigenvalue weighted by atomic mass is 10.1. The van der Waals surface area contributed by atoms with Gasteiger partial charge in [-0.25, -0.2) is 9.59 Å². The molecule has 0 radical (unpaired) electrons. The van der Waals surface area contributed by atoms with E-state index in [0.29, 0.717) is 0 Å². The monoisotopic (exact) mass is 382 g/mol. The van der Waals surface area contributed by atoms with Gasteiger partial charge in [0.25, 0.3) is 0 Å². The highest BCUT2D eigenvalue weighted by Crippen LogP contribution is 2.45. The van der Waals surface area contributed by atoms with Gasteiger partial charge < -0.3 is 19.7 Å². The number of ether oxygens (including phenoxy) is 2. The van der Waals surface area contributed by atoms with Crippen molar-refractivity contribution in [1.29, 1.82) is 0 Å². The van der Waals surface area contributed by atoms with Crippen LogP contribution in [0.15, 0.2) is 8.95 Å². The van der Waals surface area contributed by atoms with Crippen LogP contribution in [0.25, 0.3) is 0 Å². The van der Waals surface area contributed by atoms with E-state index >= 15 is 0 Å². The summed E-state index contributed by atoms with van der Waals surface area (Å²) in [7, 11) is 2.46. The van der Waals surface area contributed by atoms with Gasteiger partial charge in [-0.05, 0) is 31.9 Å². The first kappa shape index (κ1) is 14.8. The Bertz CT molecular complexity index is 479. The SMILES string of the molecule is COc1c(OC)c(C(=O)O)c(Br)c(Br)c1C(=O)O. The fourth-order valence-electron chi connectivity index (χ4n) is 1.42. The minimum atomic E-state index is -1.27. The molecule has 0 saturated carbocycles. The molecule has 0 atom stereocenters. The zero-order valence-corrected chi connectivity index (χ0v) is 12.5. The van der Waals surface area contributed by atoms with Gasteiger partial charge in [0.1, 0.15) is 11.1 Å². The Morgan fingerprint density at radius 2 is 1.17 bits per heavy atom. The summed E-state index contributed by atoms with van der Waals surface area (Å²) in [6, 6.07) is 0. The van der Waals surface area contributed by atoms with Gasteiger partial charge in [0.15, 0.2) is 11.5 Å². The molecule has 0 heterocycles. The number of hydrogen-bond acceptors (Lipinski definition) is 4. The maximum absolute atomic E-state index is 11.2. The number of hydrogen-bond donors (Lipinski definition) is 2. The molecule has 6 nitrogen and oxygen atoms in total. The molecule has 2 N–H and O–H groups in total. The van der Waals surface area contributed by atoms with Crippen LogP contribution < -0.4 is 9.47 Å². The Hall–Kier alpha value is -1.28. The van der Waals surface area contributed by atoms with Crippen molar-refractivity contribution in [1.82, 2.24) is 0 Å². The fourth-order valence-corrected chi connectivity index (χ4v) is 2.51. The first-order valence-electron chi connectivity index (χ1n) is 4.46. The number of halogens is 2. The third kappa shape index (κ3) is 2.30. The van der Waals surface area contributed by atoms with Gasteiger partial charge in [0, 0.05) is 0 Å². The summed E-state index contributed by atoms with van der Waals surface area (Å²) >= 11 is 6.06. The number of carbonyl (C=O) groups is 2. The van der Waals surface area contributed by atoms with Crippen LogP contribution in [-0.2, 0) is 0 Å². The van der Waals surface area contributed by atoms with Crippen LogP contribution in [0.1, 0.15) is 20.7 Å². The van der Waals surface area contributed by atoms with E-state index in [9.17, 15) is 9.59 Å². The maximum atomic E-state index is 11.2. The molecule has 1 aromatic carbocycles. The van der Waals surface area contributed by atoms with Crippen molar-refractivity contribution in [3.05, 3.63) is 20.1 Å². The Kier molecular flexibility index (Phi) is 4.58. The van der Waals surface area contributed by atoms with Crippen molar-refractivity contribution < 1.29 is 29.3 Å². The van der Waals surface area contributed by atoms with Gasteiger partial charge in [-0.3, -0.25) is 0 Å². The van der Waals surface area contributed by atoms with E-state index in [1.165, 1.54) is 14.2 Å². The Morgan fingerprint density at radius 3 is 1.33 bits per heavy atom. The fraction of sp³-hybridized carbons (Fsp3) is 0.200. The van der Waals surface area contributed by atoms with Crippen LogP contribution in [-0.4, -0.2) is 36.4 Å². The van der Waals surface area contributed by atoms with Crippen molar-refractivity contribution >= 4 is 43.8 Å². The van der Waals surface area contributed by atoms with Crippen LogP contribution in [0.4, 0.5) is 0 Å². The molecule has 0 aliphatic heterocycles. The highest BCUT2D eigenvalue weighted by Gasteiger charge is 2.30. The second-order valence-electron chi connectivity index (χ2n) is 3.05. The van der Waals surface area contributed by atoms with E-state index in [1.807, 2.05) is 0 Å². The molecule has 0 amide bonds. The quantitative estimate of drug-likeness (QED) is 0.830. The van der Waals surface area contributed by atoms with Crippen molar-refractivity contribution in [2.75, 3.05) is 14.2 Å². The number of benzene rings is 1. The molecular formula is C10H8Br2O6. The van der Waals surface area contributed by atoms with E-state index in [0.717, 1.165) is 0 Å². The number of rotatable bonds is 4. The highest BCUT2D eigenvalue weighted by atomic mass is 79.9. The predicted octanol–water partition coefficient (Wildman–Crippen LogP) is 2.63. The van der Waals surface area contributed by atoms with Crippen molar-refractivity contribution in [3.63, 3.8) is 0 Å². The third-order valence-corrected chi connectivity index (χ3v) is 4.25. The summed E-state index contributed by atoms with van der Waals surface area (Å²) in [5.41, 5.74) is -0.433. The molecule has 0 aliphatic carbocycles. The van der Waals surface area contributed by atoms with Crippen molar-refractivity contribution in [3.8, 4) is 11.5 Å². The summed E-state index contributed by atoms with van der Waals surface area (Å²) in [6.07, 6.45) is 0. The molecule has 1 rings (SSSR count). The molecule has 0 fully saturated rings. The molecule has 0 spiro atoms. The summed E-state index contributed by atoms with van der Waals surface area (Å²) in [6.45, 7) is 0. The van der Waals surface area contributed by atoms with Crippen molar-refractivity contribution in [2.24, 2.45) is 0 Å². The Morgan fingerprint density at radius 1 is 0.889 bits per heavy atom. The average molecular weight is 384 g/mol. The normalized spacial score (nSPS) is 10.0. The molecule has 18 heavy (non-hydrogen) atoms. The Labute approximate surface area is 119 Å².